The summed E-state index contributed by atoms with van der Waals surface area (Å²) in [5, 5.41) is 6.55. The average molecular weight is 406 g/mol. The Morgan fingerprint density at radius 3 is 2.52 bits per heavy atom. The third-order valence-electron chi connectivity index (χ3n) is 4.14. The van der Waals surface area contributed by atoms with Gasteiger partial charge in [0.2, 0.25) is 0 Å². The van der Waals surface area contributed by atoms with Gasteiger partial charge >= 0.3 is 6.61 Å². The number of hydrogen-bond donors (Lipinski definition) is 1. The molecule has 1 N–H and O–H groups in total. The molecule has 0 aliphatic rings. The molecule has 0 bridgehead atoms. The van der Waals surface area contributed by atoms with E-state index in [2.05, 4.69) is 22.1 Å². The molecule has 2 aromatic carbocycles. The maximum atomic E-state index is 12.3. The van der Waals surface area contributed by atoms with Gasteiger partial charge in [0.25, 0.3) is 5.91 Å². The minimum atomic E-state index is -2.95. The Kier molecular flexibility index (Phi) is 8.39. The van der Waals surface area contributed by atoms with Crippen LogP contribution in [0.1, 0.15) is 36.6 Å². The van der Waals surface area contributed by atoms with E-state index in [4.69, 9.17) is 9.57 Å². The van der Waals surface area contributed by atoms with Crippen molar-refractivity contribution in [3.05, 3.63) is 59.2 Å². The molecule has 0 heterocycles. The Balaban J connectivity index is 1.83. The Bertz CT molecular complexity index is 826. The van der Waals surface area contributed by atoms with Gasteiger partial charge in [-0.05, 0) is 42.7 Å². The third kappa shape index (κ3) is 7.06. The predicted octanol–water partition coefficient (Wildman–Crippen LogP) is 4.09. The monoisotopic (exact) mass is 406 g/mol. The number of carbonyl (C=O) groups is 1. The van der Waals surface area contributed by atoms with Crippen molar-refractivity contribution in [2.75, 3.05) is 13.7 Å². The fourth-order valence-corrected chi connectivity index (χ4v) is 2.56. The predicted molar refractivity (Wildman–Crippen MR) is 106 cm³/mol. The van der Waals surface area contributed by atoms with Gasteiger partial charge in [0, 0.05) is 5.56 Å². The Morgan fingerprint density at radius 1 is 1.17 bits per heavy atom. The van der Waals surface area contributed by atoms with Crippen molar-refractivity contribution in [3.8, 4) is 11.5 Å². The van der Waals surface area contributed by atoms with E-state index >= 15 is 0 Å². The number of methoxy groups -OCH3 is 1. The number of carbonyl (C=O) groups excluding carboxylic acids is 1. The number of benzene rings is 2. The lowest BCUT2D eigenvalue weighted by molar-refractivity contribution is -0.126. The van der Waals surface area contributed by atoms with E-state index in [1.54, 1.807) is 0 Å². The van der Waals surface area contributed by atoms with Gasteiger partial charge in [-0.15, -0.1) is 0 Å². The Morgan fingerprint density at radius 2 is 1.90 bits per heavy atom. The van der Waals surface area contributed by atoms with Gasteiger partial charge < -0.3 is 19.6 Å². The molecule has 8 heteroatoms. The zero-order valence-electron chi connectivity index (χ0n) is 16.5. The SMILES string of the molecule is CCc1ccc([C@H](C)NC(=O)CO/N=C\c2ccc(OC(F)F)c(OC)c2)cc1. The molecule has 0 spiro atoms. The Hall–Kier alpha value is -3.16. The fourth-order valence-electron chi connectivity index (χ4n) is 2.56. The van der Waals surface area contributed by atoms with Crippen molar-refractivity contribution in [3.63, 3.8) is 0 Å². The lowest BCUT2D eigenvalue weighted by atomic mass is 10.1. The summed E-state index contributed by atoms with van der Waals surface area (Å²) in [5.41, 5.74) is 2.76. The first-order valence-corrected chi connectivity index (χ1v) is 9.09. The van der Waals surface area contributed by atoms with Crippen molar-refractivity contribution in [2.45, 2.75) is 32.9 Å². The number of oxime groups is 1. The quantitative estimate of drug-likeness (QED) is 0.477. The molecule has 2 aromatic rings. The van der Waals surface area contributed by atoms with Crippen LogP contribution in [0, 0.1) is 0 Å². The molecule has 156 valence electrons. The molecule has 29 heavy (non-hydrogen) atoms. The number of halogens is 2. The molecule has 0 saturated heterocycles. The first-order valence-electron chi connectivity index (χ1n) is 9.09. The number of nitrogens with zero attached hydrogens (tertiary/aromatic N) is 1. The molecule has 1 atom stereocenters. The minimum Gasteiger partial charge on any atom is -0.493 e. The molecule has 0 aliphatic heterocycles. The van der Waals surface area contributed by atoms with E-state index in [9.17, 15) is 13.6 Å². The highest BCUT2D eigenvalue weighted by atomic mass is 19.3. The minimum absolute atomic E-state index is 0.0825. The van der Waals surface area contributed by atoms with Crippen LogP contribution in [0.4, 0.5) is 8.78 Å². The molecule has 0 aliphatic carbocycles. The largest absolute Gasteiger partial charge is 0.493 e. The van der Waals surface area contributed by atoms with Crippen LogP contribution >= 0.6 is 0 Å². The summed E-state index contributed by atoms with van der Waals surface area (Å²) < 4.78 is 34.0. The highest BCUT2D eigenvalue weighted by molar-refractivity contribution is 5.81. The molecule has 0 saturated carbocycles. The number of alkyl halides is 2. The second-order valence-corrected chi connectivity index (χ2v) is 6.18. The van der Waals surface area contributed by atoms with Crippen molar-refractivity contribution < 1.29 is 27.9 Å². The second kappa shape index (κ2) is 11.0. The summed E-state index contributed by atoms with van der Waals surface area (Å²) in [6.45, 7) is 0.770. The maximum absolute atomic E-state index is 12.3. The number of ether oxygens (including phenoxy) is 2. The van der Waals surface area contributed by atoms with Crippen LogP contribution in [-0.2, 0) is 16.1 Å². The third-order valence-corrected chi connectivity index (χ3v) is 4.14. The summed E-state index contributed by atoms with van der Waals surface area (Å²) in [6, 6.07) is 12.2. The fraction of sp³-hybridized carbons (Fsp3) is 0.333. The zero-order chi connectivity index (χ0) is 21.2. The van der Waals surface area contributed by atoms with E-state index < -0.39 is 6.61 Å². The number of hydrogen-bond acceptors (Lipinski definition) is 5. The molecule has 2 rings (SSSR count). The lowest BCUT2D eigenvalue weighted by Crippen LogP contribution is -2.29. The Labute approximate surface area is 168 Å². The van der Waals surface area contributed by atoms with Crippen LogP contribution in [0.2, 0.25) is 0 Å². The van der Waals surface area contributed by atoms with Gasteiger partial charge in [0.05, 0.1) is 19.4 Å². The summed E-state index contributed by atoms with van der Waals surface area (Å²) in [7, 11) is 1.34. The van der Waals surface area contributed by atoms with Crippen molar-refractivity contribution in [1.29, 1.82) is 0 Å². The number of rotatable bonds is 10. The molecule has 0 aromatic heterocycles. The van der Waals surface area contributed by atoms with E-state index in [-0.39, 0.29) is 30.1 Å². The van der Waals surface area contributed by atoms with Gasteiger partial charge in [-0.25, -0.2) is 0 Å². The van der Waals surface area contributed by atoms with Gasteiger partial charge in [-0.2, -0.15) is 8.78 Å². The van der Waals surface area contributed by atoms with E-state index in [1.165, 1.54) is 37.1 Å². The van der Waals surface area contributed by atoms with Crippen LogP contribution in [0.3, 0.4) is 0 Å². The van der Waals surface area contributed by atoms with Crippen molar-refractivity contribution >= 4 is 12.1 Å². The lowest BCUT2D eigenvalue weighted by Gasteiger charge is -2.14. The van der Waals surface area contributed by atoms with E-state index in [0.29, 0.717) is 5.56 Å². The first kappa shape index (κ1) is 22.1. The van der Waals surface area contributed by atoms with Gasteiger partial charge in [-0.3, -0.25) is 4.79 Å². The molecule has 0 fully saturated rings. The normalized spacial score (nSPS) is 12.1. The van der Waals surface area contributed by atoms with Gasteiger partial charge in [-0.1, -0.05) is 36.3 Å². The topological polar surface area (TPSA) is 69.2 Å². The summed E-state index contributed by atoms with van der Waals surface area (Å²) in [4.78, 5) is 17.0. The molecule has 0 unspecified atom stereocenters. The molecular weight excluding hydrogens is 382 g/mol. The number of amides is 1. The zero-order valence-corrected chi connectivity index (χ0v) is 16.5. The second-order valence-electron chi connectivity index (χ2n) is 6.18. The highest BCUT2D eigenvalue weighted by Gasteiger charge is 2.11. The van der Waals surface area contributed by atoms with Crippen molar-refractivity contribution in [2.24, 2.45) is 5.16 Å². The van der Waals surface area contributed by atoms with Crippen LogP contribution in [0.25, 0.3) is 0 Å². The summed E-state index contributed by atoms with van der Waals surface area (Å²) in [5.74, 6) is -0.261. The number of nitrogens with one attached hydrogen (secondary N) is 1. The van der Waals surface area contributed by atoms with Gasteiger partial charge in [0.15, 0.2) is 18.1 Å². The van der Waals surface area contributed by atoms with Crippen LogP contribution in [-0.4, -0.2) is 32.4 Å². The molecule has 0 radical (unpaired) electrons. The smallest absolute Gasteiger partial charge is 0.387 e. The van der Waals surface area contributed by atoms with Crippen LogP contribution < -0.4 is 14.8 Å². The van der Waals surface area contributed by atoms with E-state index in [0.717, 1.165) is 12.0 Å². The standard InChI is InChI=1S/C21H24F2N2O4/c1-4-15-5-8-17(9-6-15)14(2)25-20(26)13-28-24-12-16-7-10-18(29-21(22)23)19(11-16)27-3/h5-12,14,21H,4,13H2,1-3H3,(H,25,26)/b24-12-/t14-/m0/s1. The molecular formula is C21H24F2N2O4. The summed E-state index contributed by atoms with van der Waals surface area (Å²) in [6.07, 6.45) is 2.30. The van der Waals surface area contributed by atoms with Crippen molar-refractivity contribution in [1.82, 2.24) is 5.32 Å². The molecule has 6 nitrogen and oxygen atoms in total. The first-order chi connectivity index (χ1) is 13.9. The summed E-state index contributed by atoms with van der Waals surface area (Å²) >= 11 is 0. The molecule has 1 amide bonds. The van der Waals surface area contributed by atoms with Crippen LogP contribution in [0.15, 0.2) is 47.6 Å². The average Bonchev–Trinajstić information content (AvgIpc) is 2.71. The number of aryl methyl sites for hydroxylation is 1. The van der Waals surface area contributed by atoms with E-state index in [1.807, 2.05) is 31.2 Å². The van der Waals surface area contributed by atoms with Crippen LogP contribution in [0.5, 0.6) is 11.5 Å². The highest BCUT2D eigenvalue weighted by Crippen LogP contribution is 2.28. The maximum Gasteiger partial charge on any atom is 0.387 e. The van der Waals surface area contributed by atoms with Gasteiger partial charge in [0.1, 0.15) is 0 Å².